The lowest BCUT2D eigenvalue weighted by molar-refractivity contribution is 0.0679. The van der Waals surface area contributed by atoms with Crippen LogP contribution >= 0.6 is 27.5 Å². The fourth-order valence-corrected chi connectivity index (χ4v) is 3.94. The first-order valence-electron chi connectivity index (χ1n) is 9.62. The summed E-state index contributed by atoms with van der Waals surface area (Å²) in [6, 6.07) is 2.62. The van der Waals surface area contributed by atoms with Gasteiger partial charge in [-0.1, -0.05) is 11.6 Å². The number of hydrogen-bond donors (Lipinski definition) is 2. The molecule has 1 aromatic carbocycles. The number of hydrogen-bond acceptors (Lipinski definition) is 4. The van der Waals surface area contributed by atoms with Crippen LogP contribution in [0.4, 0.5) is 29.1 Å². The molecule has 1 aliphatic carbocycles. The monoisotopic (exact) mass is 533 g/mol. The van der Waals surface area contributed by atoms with E-state index in [0.717, 1.165) is 6.07 Å². The summed E-state index contributed by atoms with van der Waals surface area (Å²) in [6.45, 7) is 3.82. The second kappa shape index (κ2) is 8.18. The van der Waals surface area contributed by atoms with Gasteiger partial charge in [0.05, 0.1) is 28.1 Å². The molecule has 170 valence electrons. The molecule has 1 saturated carbocycles. The number of carbonyl (C=O) groups excluding carboxylic acids is 1. The predicted molar refractivity (Wildman–Crippen MR) is 116 cm³/mol. The van der Waals surface area contributed by atoms with Gasteiger partial charge in [-0.25, -0.2) is 27.5 Å². The number of nitrogens with one attached hydrogen (secondary N) is 2. The van der Waals surface area contributed by atoms with Gasteiger partial charge in [-0.2, -0.15) is 0 Å². The summed E-state index contributed by atoms with van der Waals surface area (Å²) in [4.78, 5) is 21.2. The molecule has 3 aromatic rings. The number of carbonyl (C=O) groups is 1. The Hall–Kier alpha value is -2.40. The van der Waals surface area contributed by atoms with E-state index in [1.54, 1.807) is 17.0 Å². The Morgan fingerprint density at radius 3 is 2.53 bits per heavy atom. The number of benzene rings is 1. The number of pyridine rings is 1. The van der Waals surface area contributed by atoms with Gasteiger partial charge in [-0.15, -0.1) is 0 Å². The molecule has 2 heterocycles. The number of rotatable bonds is 6. The molecule has 1 aliphatic rings. The molecule has 32 heavy (non-hydrogen) atoms. The van der Waals surface area contributed by atoms with Crippen LogP contribution < -0.4 is 10.6 Å². The molecule has 6 nitrogen and oxygen atoms in total. The molecule has 12 heteroatoms. The molecule has 1 amide bonds. The third kappa shape index (κ3) is 3.92. The summed E-state index contributed by atoms with van der Waals surface area (Å²) in [5.41, 5.74) is -1.49. The number of aromatic nitrogens is 3. The molecule has 0 radical (unpaired) electrons. The quantitative estimate of drug-likeness (QED) is 0.232. The molecule has 0 bridgehead atoms. The Labute approximate surface area is 193 Å². The third-order valence-electron chi connectivity index (χ3n) is 5.29. The summed E-state index contributed by atoms with van der Waals surface area (Å²) >= 11 is 9.09. The number of fused-ring (bicyclic) bond motifs is 1. The highest BCUT2D eigenvalue weighted by molar-refractivity contribution is 9.10. The highest BCUT2D eigenvalue weighted by Crippen LogP contribution is 2.42. The van der Waals surface area contributed by atoms with Gasteiger partial charge >= 0.3 is 0 Å². The molecule has 0 spiro atoms. The molecule has 0 unspecified atom stereocenters. The lowest BCUT2D eigenvalue weighted by Gasteiger charge is -2.18. The molecule has 1 fully saturated rings. The maximum absolute atomic E-state index is 14.7. The Bertz CT molecular complexity index is 1230. The summed E-state index contributed by atoms with van der Waals surface area (Å²) in [6.07, 6.45) is -1.03. The number of alkyl halides is 2. The van der Waals surface area contributed by atoms with Gasteiger partial charge in [0.15, 0.2) is 17.5 Å². The van der Waals surface area contributed by atoms with E-state index in [-0.39, 0.29) is 24.7 Å². The smallest absolute Gasteiger partial charge is 0.261 e. The van der Waals surface area contributed by atoms with Crippen molar-refractivity contribution in [1.29, 1.82) is 0 Å². The van der Waals surface area contributed by atoms with Gasteiger partial charge in [0, 0.05) is 6.04 Å². The first kappa shape index (κ1) is 22.8. The van der Waals surface area contributed by atoms with E-state index >= 15 is 0 Å². The van der Waals surface area contributed by atoms with Crippen molar-refractivity contribution >= 4 is 56.0 Å². The normalized spacial score (nSPS) is 14.9. The maximum Gasteiger partial charge on any atom is 0.261 e. The van der Waals surface area contributed by atoms with Crippen molar-refractivity contribution < 1.29 is 22.4 Å². The minimum atomic E-state index is -2.79. The second-order valence-corrected chi connectivity index (χ2v) is 9.05. The molecule has 0 aliphatic heterocycles. The van der Waals surface area contributed by atoms with Crippen molar-refractivity contribution in [3.8, 4) is 0 Å². The van der Waals surface area contributed by atoms with Crippen LogP contribution in [0.3, 0.4) is 0 Å². The Kier molecular flexibility index (Phi) is 5.83. The number of anilines is 2. The summed E-state index contributed by atoms with van der Waals surface area (Å²) < 4.78 is 57.8. The fraction of sp³-hybridized carbons (Fsp3) is 0.350. The van der Waals surface area contributed by atoms with Crippen LogP contribution in [-0.2, 0) is 0 Å². The highest BCUT2D eigenvalue weighted by atomic mass is 79.9. The van der Waals surface area contributed by atoms with E-state index in [0.29, 0.717) is 15.6 Å². The van der Waals surface area contributed by atoms with E-state index in [9.17, 15) is 22.4 Å². The summed E-state index contributed by atoms with van der Waals surface area (Å²) in [5.74, 6) is -3.69. The van der Waals surface area contributed by atoms with E-state index in [1.165, 1.54) is 0 Å². The van der Waals surface area contributed by atoms with Gasteiger partial charge in [-0.05, 0) is 54.8 Å². The SMILES string of the molecule is CC(C)n1cnc2cc(Br)nc(Nc3cc(C(=O)NC4(C(F)F)CC4)c(Cl)c(F)c3F)c21. The van der Waals surface area contributed by atoms with Gasteiger partial charge in [-0.3, -0.25) is 4.79 Å². The molecule has 2 aromatic heterocycles. The number of halogens is 6. The van der Waals surface area contributed by atoms with Crippen LogP contribution in [0, 0.1) is 11.6 Å². The van der Waals surface area contributed by atoms with Crippen molar-refractivity contribution in [3.63, 3.8) is 0 Å². The number of nitrogens with zero attached hydrogens (tertiary/aromatic N) is 3. The van der Waals surface area contributed by atoms with Crippen molar-refractivity contribution in [2.75, 3.05) is 5.32 Å². The van der Waals surface area contributed by atoms with Crippen LogP contribution in [0.2, 0.25) is 5.02 Å². The van der Waals surface area contributed by atoms with E-state index in [1.807, 2.05) is 13.8 Å². The average molecular weight is 535 g/mol. The van der Waals surface area contributed by atoms with Crippen LogP contribution in [0.1, 0.15) is 43.1 Å². The van der Waals surface area contributed by atoms with E-state index in [4.69, 9.17) is 11.6 Å². The molecule has 0 saturated heterocycles. The zero-order chi connectivity index (χ0) is 23.4. The first-order valence-corrected chi connectivity index (χ1v) is 10.8. The topological polar surface area (TPSA) is 71.8 Å². The van der Waals surface area contributed by atoms with Gasteiger partial charge in [0.25, 0.3) is 12.3 Å². The minimum absolute atomic E-state index is 0.0132. The van der Waals surface area contributed by atoms with Crippen molar-refractivity contribution in [2.24, 2.45) is 0 Å². The number of imidazole rings is 1. The zero-order valence-electron chi connectivity index (χ0n) is 16.8. The van der Waals surface area contributed by atoms with Gasteiger partial charge in [0.1, 0.15) is 15.7 Å². The van der Waals surface area contributed by atoms with Gasteiger partial charge < -0.3 is 15.2 Å². The lowest BCUT2D eigenvalue weighted by Crippen LogP contribution is -2.42. The molecule has 2 N–H and O–H groups in total. The highest BCUT2D eigenvalue weighted by Gasteiger charge is 2.52. The van der Waals surface area contributed by atoms with Crippen LogP contribution in [0.5, 0.6) is 0 Å². The van der Waals surface area contributed by atoms with Crippen molar-refractivity contribution in [3.05, 3.63) is 45.3 Å². The fourth-order valence-electron chi connectivity index (χ4n) is 3.32. The van der Waals surface area contributed by atoms with Crippen molar-refractivity contribution in [2.45, 2.75) is 44.7 Å². The van der Waals surface area contributed by atoms with Crippen LogP contribution in [0.15, 0.2) is 23.1 Å². The first-order chi connectivity index (χ1) is 15.0. The Morgan fingerprint density at radius 1 is 1.25 bits per heavy atom. The molecular weight excluding hydrogens is 518 g/mol. The van der Waals surface area contributed by atoms with Crippen molar-refractivity contribution in [1.82, 2.24) is 19.9 Å². The Morgan fingerprint density at radius 2 is 1.94 bits per heavy atom. The lowest BCUT2D eigenvalue weighted by atomic mass is 10.1. The molecular formula is C20H17BrClF4N5O. The van der Waals surface area contributed by atoms with Crippen LogP contribution in [-0.4, -0.2) is 32.4 Å². The second-order valence-electron chi connectivity index (χ2n) is 7.86. The summed E-state index contributed by atoms with van der Waals surface area (Å²) in [7, 11) is 0. The zero-order valence-corrected chi connectivity index (χ0v) is 19.2. The van der Waals surface area contributed by atoms with E-state index < -0.39 is 45.8 Å². The largest absolute Gasteiger partial charge is 0.341 e. The maximum atomic E-state index is 14.7. The van der Waals surface area contributed by atoms with Crippen LogP contribution in [0.25, 0.3) is 11.0 Å². The molecule has 0 atom stereocenters. The summed E-state index contributed by atoms with van der Waals surface area (Å²) in [5, 5.41) is 4.09. The third-order valence-corrected chi connectivity index (χ3v) is 6.07. The van der Waals surface area contributed by atoms with E-state index in [2.05, 4.69) is 36.5 Å². The standard InChI is InChI=1S/C20H17BrClF4N5O/c1-8(2)31-7-27-11-6-12(21)29-17(16(11)31)28-10-5-9(13(22)15(24)14(10)23)18(32)30-20(3-4-20)19(25)26/h5-8,19H,3-4H2,1-2H3,(H,28,29)(H,30,32). The minimum Gasteiger partial charge on any atom is -0.341 e. The Balaban J connectivity index is 1.77. The molecule has 4 rings (SSSR count). The van der Waals surface area contributed by atoms with Gasteiger partial charge in [0.2, 0.25) is 0 Å². The number of amides is 1. The average Bonchev–Trinajstić information content (AvgIpc) is 3.38. The predicted octanol–water partition coefficient (Wildman–Crippen LogP) is 5.98.